The molecular formula is C20H23N3O3. The van der Waals surface area contributed by atoms with Crippen molar-refractivity contribution in [2.24, 2.45) is 5.92 Å². The maximum atomic E-state index is 12.9. The number of likely N-dealkylation sites (tertiary alicyclic amines) is 1. The van der Waals surface area contributed by atoms with E-state index in [0.29, 0.717) is 24.6 Å². The fourth-order valence-corrected chi connectivity index (χ4v) is 3.92. The number of nitrogens with zero attached hydrogens (tertiary/aromatic N) is 2. The van der Waals surface area contributed by atoms with Crippen LogP contribution in [0.1, 0.15) is 28.1 Å². The smallest absolute Gasteiger partial charge is 0.289 e. The molecule has 0 bridgehead atoms. The molecule has 6 nitrogen and oxygen atoms in total. The number of fused-ring (bicyclic) bond motifs is 1. The molecule has 2 aromatic rings. The molecule has 1 saturated heterocycles. The zero-order valence-electron chi connectivity index (χ0n) is 14.9. The fourth-order valence-electron chi connectivity index (χ4n) is 3.92. The van der Waals surface area contributed by atoms with Gasteiger partial charge >= 0.3 is 0 Å². The summed E-state index contributed by atoms with van der Waals surface area (Å²) in [6, 6.07) is 9.59. The van der Waals surface area contributed by atoms with Crippen LogP contribution in [0.4, 0.5) is 5.69 Å². The molecule has 2 aliphatic heterocycles. The van der Waals surface area contributed by atoms with Crippen LogP contribution in [0.15, 0.2) is 41.0 Å². The number of benzene rings is 1. The number of nitrogens with one attached hydrogen (secondary N) is 1. The Morgan fingerprint density at radius 3 is 3.00 bits per heavy atom. The quantitative estimate of drug-likeness (QED) is 0.893. The number of carbonyl (C=O) groups excluding carboxylic acids is 2. The Kier molecular flexibility index (Phi) is 4.51. The van der Waals surface area contributed by atoms with Gasteiger partial charge in [-0.25, -0.2) is 0 Å². The molecule has 3 heterocycles. The van der Waals surface area contributed by atoms with Crippen molar-refractivity contribution in [2.45, 2.75) is 19.4 Å². The molecule has 2 aliphatic rings. The van der Waals surface area contributed by atoms with Gasteiger partial charge in [-0.1, -0.05) is 18.2 Å². The molecule has 1 fully saturated rings. The first-order valence-corrected chi connectivity index (χ1v) is 9.06. The molecule has 1 unspecified atom stereocenters. The Labute approximate surface area is 152 Å². The summed E-state index contributed by atoms with van der Waals surface area (Å²) in [4.78, 5) is 28.9. The van der Waals surface area contributed by atoms with Crippen LogP contribution >= 0.6 is 0 Å². The lowest BCUT2D eigenvalue weighted by Crippen LogP contribution is -2.32. The minimum Gasteiger partial charge on any atom is -0.459 e. The van der Waals surface area contributed by atoms with Gasteiger partial charge in [0.2, 0.25) is 5.91 Å². The summed E-state index contributed by atoms with van der Waals surface area (Å²) in [6.07, 6.45) is 2.95. The lowest BCUT2D eigenvalue weighted by Gasteiger charge is -2.19. The summed E-state index contributed by atoms with van der Waals surface area (Å²) in [7, 11) is 1.93. The predicted octanol–water partition coefficient (Wildman–Crippen LogP) is 2.05. The third-order valence-corrected chi connectivity index (χ3v) is 5.26. The van der Waals surface area contributed by atoms with Gasteiger partial charge in [-0.05, 0) is 43.6 Å². The average molecular weight is 353 g/mol. The summed E-state index contributed by atoms with van der Waals surface area (Å²) in [5.41, 5.74) is 2.72. The molecule has 1 aromatic carbocycles. The van der Waals surface area contributed by atoms with E-state index < -0.39 is 0 Å². The number of carbonyl (C=O) groups is 2. The number of rotatable bonds is 5. The van der Waals surface area contributed by atoms with Crippen molar-refractivity contribution in [2.75, 3.05) is 31.6 Å². The van der Waals surface area contributed by atoms with Crippen LogP contribution < -0.4 is 10.2 Å². The molecule has 0 aliphatic carbocycles. The van der Waals surface area contributed by atoms with Crippen LogP contribution in [-0.4, -0.2) is 43.4 Å². The van der Waals surface area contributed by atoms with Crippen molar-refractivity contribution in [3.05, 3.63) is 53.5 Å². The van der Waals surface area contributed by atoms with Crippen molar-refractivity contribution < 1.29 is 14.0 Å². The summed E-state index contributed by atoms with van der Waals surface area (Å²) in [5.74, 6) is 0.811. The number of amides is 2. The van der Waals surface area contributed by atoms with Gasteiger partial charge in [0.1, 0.15) is 0 Å². The fraction of sp³-hybridized carbons (Fsp3) is 0.400. The van der Waals surface area contributed by atoms with Crippen molar-refractivity contribution in [1.82, 2.24) is 10.2 Å². The van der Waals surface area contributed by atoms with E-state index in [9.17, 15) is 9.59 Å². The van der Waals surface area contributed by atoms with Crippen molar-refractivity contribution >= 4 is 17.5 Å². The van der Waals surface area contributed by atoms with Gasteiger partial charge < -0.3 is 19.5 Å². The molecular weight excluding hydrogens is 330 g/mol. The highest BCUT2D eigenvalue weighted by atomic mass is 16.3. The molecule has 0 saturated carbocycles. The Morgan fingerprint density at radius 2 is 2.15 bits per heavy atom. The predicted molar refractivity (Wildman–Crippen MR) is 98.0 cm³/mol. The number of anilines is 1. The standard InChI is InChI=1S/C20H23N3O3/c1-21-11-14-6-8-22(12-14)20(25)19-16(7-9-26-19)13-23-17-5-3-2-4-15(17)10-18(23)24/h2-5,7,9,14,21H,6,8,10-13H2,1H3. The summed E-state index contributed by atoms with van der Waals surface area (Å²) in [6.45, 7) is 2.76. The third-order valence-electron chi connectivity index (χ3n) is 5.26. The van der Waals surface area contributed by atoms with Gasteiger partial charge in [-0.15, -0.1) is 0 Å². The maximum Gasteiger partial charge on any atom is 0.289 e. The highest BCUT2D eigenvalue weighted by Crippen LogP contribution is 2.31. The van der Waals surface area contributed by atoms with E-state index in [1.165, 1.54) is 6.26 Å². The second-order valence-corrected chi connectivity index (χ2v) is 7.02. The maximum absolute atomic E-state index is 12.9. The second kappa shape index (κ2) is 6.96. The van der Waals surface area contributed by atoms with E-state index in [0.717, 1.165) is 42.9 Å². The van der Waals surface area contributed by atoms with Crippen LogP contribution in [0.25, 0.3) is 0 Å². The molecule has 26 heavy (non-hydrogen) atoms. The van der Waals surface area contributed by atoms with Crippen LogP contribution in [-0.2, 0) is 17.8 Å². The largest absolute Gasteiger partial charge is 0.459 e. The van der Waals surface area contributed by atoms with E-state index in [2.05, 4.69) is 5.32 Å². The second-order valence-electron chi connectivity index (χ2n) is 7.02. The third kappa shape index (κ3) is 3.01. The summed E-state index contributed by atoms with van der Waals surface area (Å²) < 4.78 is 5.52. The van der Waals surface area contributed by atoms with Gasteiger partial charge in [0.25, 0.3) is 5.91 Å². The van der Waals surface area contributed by atoms with Crippen molar-refractivity contribution in [3.63, 3.8) is 0 Å². The van der Waals surface area contributed by atoms with E-state index in [1.807, 2.05) is 36.2 Å². The van der Waals surface area contributed by atoms with Gasteiger partial charge in [0, 0.05) is 24.3 Å². The molecule has 6 heteroatoms. The number of hydrogen-bond acceptors (Lipinski definition) is 4. The van der Waals surface area contributed by atoms with Crippen LogP contribution in [0, 0.1) is 5.92 Å². The molecule has 4 rings (SSSR count). The average Bonchev–Trinajstić information content (AvgIpc) is 3.35. The Hall–Kier alpha value is -2.60. The van der Waals surface area contributed by atoms with E-state index in [-0.39, 0.29) is 11.8 Å². The monoisotopic (exact) mass is 353 g/mol. The lowest BCUT2D eigenvalue weighted by molar-refractivity contribution is -0.117. The van der Waals surface area contributed by atoms with Gasteiger partial charge in [-0.2, -0.15) is 0 Å². The molecule has 136 valence electrons. The highest BCUT2D eigenvalue weighted by Gasteiger charge is 2.32. The normalized spacial score (nSPS) is 19.3. The van der Waals surface area contributed by atoms with Gasteiger partial charge in [0.15, 0.2) is 5.76 Å². The number of furan rings is 1. The zero-order chi connectivity index (χ0) is 18.1. The minimum absolute atomic E-state index is 0.0565. The van der Waals surface area contributed by atoms with E-state index >= 15 is 0 Å². The lowest BCUT2D eigenvalue weighted by atomic mass is 10.1. The summed E-state index contributed by atoms with van der Waals surface area (Å²) >= 11 is 0. The zero-order valence-corrected chi connectivity index (χ0v) is 14.9. The molecule has 0 spiro atoms. The van der Waals surface area contributed by atoms with Crippen molar-refractivity contribution in [3.8, 4) is 0 Å². The first-order valence-electron chi connectivity index (χ1n) is 9.06. The summed E-state index contributed by atoms with van der Waals surface area (Å²) in [5, 5.41) is 3.17. The molecule has 1 atom stereocenters. The number of para-hydroxylation sites is 1. The van der Waals surface area contributed by atoms with Crippen LogP contribution in [0.2, 0.25) is 0 Å². The first-order chi connectivity index (χ1) is 12.7. The molecule has 1 N–H and O–H groups in total. The first kappa shape index (κ1) is 16.8. The topological polar surface area (TPSA) is 65.8 Å². The SMILES string of the molecule is CNCC1CCN(C(=O)c2occc2CN2C(=O)Cc3ccccc32)C1. The molecule has 2 amide bonds. The molecule has 1 aromatic heterocycles. The van der Waals surface area contributed by atoms with E-state index in [1.54, 1.807) is 11.0 Å². The van der Waals surface area contributed by atoms with Crippen molar-refractivity contribution in [1.29, 1.82) is 0 Å². The highest BCUT2D eigenvalue weighted by molar-refractivity contribution is 6.01. The molecule has 0 radical (unpaired) electrons. The Balaban J connectivity index is 1.51. The van der Waals surface area contributed by atoms with E-state index in [4.69, 9.17) is 4.42 Å². The Morgan fingerprint density at radius 1 is 1.31 bits per heavy atom. The Bertz CT molecular complexity index is 829. The minimum atomic E-state index is -0.0801. The number of hydrogen-bond donors (Lipinski definition) is 1. The van der Waals surface area contributed by atoms with Gasteiger partial charge in [0.05, 0.1) is 19.2 Å². The van der Waals surface area contributed by atoms with Crippen LogP contribution in [0.3, 0.4) is 0 Å². The van der Waals surface area contributed by atoms with Gasteiger partial charge in [-0.3, -0.25) is 9.59 Å². The van der Waals surface area contributed by atoms with Crippen LogP contribution in [0.5, 0.6) is 0 Å².